The van der Waals surface area contributed by atoms with Crippen molar-refractivity contribution in [2.24, 2.45) is 0 Å². The molecule has 1 N–H and O–H groups in total. The van der Waals surface area contributed by atoms with Crippen LogP contribution in [0.1, 0.15) is 16.8 Å². The predicted octanol–water partition coefficient (Wildman–Crippen LogP) is 5.62. The molecule has 4 rings (SSSR count). The molecular weight excluding hydrogens is 452 g/mol. The van der Waals surface area contributed by atoms with Crippen molar-refractivity contribution in [3.63, 3.8) is 0 Å². The Morgan fingerprint density at radius 2 is 1.76 bits per heavy atom. The SMILES string of the molecule is C=C(c1cc(C2(NC(=O)OCc3ccccc3)COC2)cc(-c2ccc(F)cc2)n1)C(F)(F)F. The zero-order valence-electron chi connectivity index (χ0n) is 17.9. The summed E-state index contributed by atoms with van der Waals surface area (Å²) in [5, 5.41) is 2.72. The van der Waals surface area contributed by atoms with Gasteiger partial charge in [-0.15, -0.1) is 0 Å². The van der Waals surface area contributed by atoms with Crippen molar-refractivity contribution in [1.82, 2.24) is 10.3 Å². The monoisotopic (exact) mass is 472 g/mol. The van der Waals surface area contributed by atoms with Gasteiger partial charge in [0.15, 0.2) is 0 Å². The number of ether oxygens (including phenoxy) is 2. The van der Waals surface area contributed by atoms with E-state index in [1.165, 1.54) is 30.3 Å². The fraction of sp³-hybridized carbons (Fsp3) is 0.200. The van der Waals surface area contributed by atoms with Crippen molar-refractivity contribution in [2.75, 3.05) is 13.2 Å². The maximum atomic E-state index is 13.4. The van der Waals surface area contributed by atoms with Crippen molar-refractivity contribution < 1.29 is 31.8 Å². The zero-order chi connectivity index (χ0) is 24.3. The minimum Gasteiger partial charge on any atom is -0.445 e. The van der Waals surface area contributed by atoms with Gasteiger partial charge in [-0.1, -0.05) is 36.9 Å². The molecule has 0 saturated carbocycles. The Bertz CT molecular complexity index is 1190. The van der Waals surface area contributed by atoms with Gasteiger partial charge >= 0.3 is 12.3 Å². The molecular formula is C25H20F4N2O3. The number of pyridine rings is 1. The summed E-state index contributed by atoms with van der Waals surface area (Å²) in [5.74, 6) is -0.494. The number of alkyl carbamates (subject to hydrolysis) is 1. The van der Waals surface area contributed by atoms with Crippen LogP contribution in [0.2, 0.25) is 0 Å². The van der Waals surface area contributed by atoms with Crippen LogP contribution in [-0.2, 0) is 21.6 Å². The number of carbonyl (C=O) groups excluding carboxylic acids is 1. The summed E-state index contributed by atoms with van der Waals surface area (Å²) >= 11 is 0. The van der Waals surface area contributed by atoms with E-state index in [1.54, 1.807) is 30.3 Å². The second-order valence-electron chi connectivity index (χ2n) is 7.87. The average Bonchev–Trinajstić information content (AvgIpc) is 2.80. The van der Waals surface area contributed by atoms with Crippen molar-refractivity contribution in [2.45, 2.75) is 18.3 Å². The molecule has 1 aliphatic rings. The molecule has 1 saturated heterocycles. The molecule has 0 bridgehead atoms. The summed E-state index contributed by atoms with van der Waals surface area (Å²) in [7, 11) is 0. The van der Waals surface area contributed by atoms with E-state index in [0.29, 0.717) is 11.1 Å². The van der Waals surface area contributed by atoms with Crippen LogP contribution in [0.5, 0.6) is 0 Å². The molecule has 0 aliphatic carbocycles. The number of alkyl halides is 3. The number of carbonyl (C=O) groups is 1. The van der Waals surface area contributed by atoms with E-state index in [4.69, 9.17) is 9.47 Å². The molecule has 0 unspecified atom stereocenters. The Kier molecular flexibility index (Phi) is 6.39. The number of nitrogens with one attached hydrogen (secondary N) is 1. The predicted molar refractivity (Wildman–Crippen MR) is 117 cm³/mol. The van der Waals surface area contributed by atoms with Gasteiger partial charge in [-0.05, 0) is 47.5 Å². The summed E-state index contributed by atoms with van der Waals surface area (Å²) in [6.07, 6.45) is -5.46. The highest BCUT2D eigenvalue weighted by Gasteiger charge is 2.44. The van der Waals surface area contributed by atoms with Gasteiger partial charge < -0.3 is 14.8 Å². The van der Waals surface area contributed by atoms with Crippen LogP contribution in [-0.4, -0.2) is 30.5 Å². The lowest BCUT2D eigenvalue weighted by Gasteiger charge is -2.42. The molecule has 1 amide bonds. The van der Waals surface area contributed by atoms with Gasteiger partial charge in [0.1, 0.15) is 18.0 Å². The largest absolute Gasteiger partial charge is 0.445 e. The maximum Gasteiger partial charge on any atom is 0.417 e. The van der Waals surface area contributed by atoms with Crippen molar-refractivity contribution in [3.05, 3.63) is 95.9 Å². The van der Waals surface area contributed by atoms with E-state index < -0.39 is 34.9 Å². The highest BCUT2D eigenvalue weighted by Crippen LogP contribution is 2.37. The van der Waals surface area contributed by atoms with E-state index in [0.717, 1.165) is 5.56 Å². The topological polar surface area (TPSA) is 60.5 Å². The molecule has 5 nitrogen and oxygen atoms in total. The van der Waals surface area contributed by atoms with Gasteiger partial charge in [-0.25, -0.2) is 14.2 Å². The molecule has 3 aromatic rings. The Labute approximate surface area is 193 Å². The third kappa shape index (κ3) is 5.09. The van der Waals surface area contributed by atoms with Gasteiger partial charge in [-0.3, -0.25) is 0 Å². The number of rotatable bonds is 6. The summed E-state index contributed by atoms with van der Waals surface area (Å²) < 4.78 is 64.2. The summed E-state index contributed by atoms with van der Waals surface area (Å²) in [5.41, 5.74) is -0.973. The molecule has 2 aromatic carbocycles. The number of benzene rings is 2. The third-order valence-corrected chi connectivity index (χ3v) is 5.42. The third-order valence-electron chi connectivity index (χ3n) is 5.42. The molecule has 34 heavy (non-hydrogen) atoms. The van der Waals surface area contributed by atoms with Crippen LogP contribution in [0.4, 0.5) is 22.4 Å². The van der Waals surface area contributed by atoms with Crippen molar-refractivity contribution in [1.29, 1.82) is 0 Å². The molecule has 0 atom stereocenters. The lowest BCUT2D eigenvalue weighted by molar-refractivity contribution is -0.0765. The van der Waals surface area contributed by atoms with Gasteiger partial charge in [0.25, 0.3) is 0 Å². The van der Waals surface area contributed by atoms with Crippen LogP contribution < -0.4 is 5.32 Å². The normalized spacial score (nSPS) is 14.7. The summed E-state index contributed by atoms with van der Waals surface area (Å²) in [4.78, 5) is 16.6. The second kappa shape index (κ2) is 9.26. The first kappa shape index (κ1) is 23.4. The molecule has 176 valence electrons. The lowest BCUT2D eigenvalue weighted by atomic mass is 9.86. The van der Waals surface area contributed by atoms with Gasteiger partial charge in [0.2, 0.25) is 0 Å². The van der Waals surface area contributed by atoms with E-state index in [2.05, 4.69) is 16.9 Å². The fourth-order valence-corrected chi connectivity index (χ4v) is 3.45. The number of nitrogens with zero attached hydrogens (tertiary/aromatic N) is 1. The highest BCUT2D eigenvalue weighted by molar-refractivity contribution is 5.72. The number of amides is 1. The minimum atomic E-state index is -4.71. The molecule has 0 spiro atoms. The quantitative estimate of drug-likeness (QED) is 0.474. The number of hydrogen-bond acceptors (Lipinski definition) is 4. The maximum absolute atomic E-state index is 13.4. The van der Waals surface area contributed by atoms with Gasteiger partial charge in [0.05, 0.1) is 30.2 Å². The molecule has 1 aromatic heterocycles. The van der Waals surface area contributed by atoms with E-state index in [1.807, 2.05) is 6.07 Å². The summed E-state index contributed by atoms with van der Waals surface area (Å²) in [6, 6.07) is 17.0. The first-order valence-corrected chi connectivity index (χ1v) is 10.3. The van der Waals surface area contributed by atoms with E-state index in [-0.39, 0.29) is 25.5 Å². The van der Waals surface area contributed by atoms with Crippen LogP contribution in [0.3, 0.4) is 0 Å². The first-order chi connectivity index (χ1) is 16.2. The molecule has 2 heterocycles. The number of aromatic nitrogens is 1. The lowest BCUT2D eigenvalue weighted by Crippen LogP contribution is -2.59. The minimum absolute atomic E-state index is 0.0247. The summed E-state index contributed by atoms with van der Waals surface area (Å²) in [6.45, 7) is 3.22. The van der Waals surface area contributed by atoms with Crippen LogP contribution >= 0.6 is 0 Å². The van der Waals surface area contributed by atoms with Gasteiger partial charge in [0, 0.05) is 5.56 Å². The molecule has 0 radical (unpaired) electrons. The average molecular weight is 472 g/mol. The number of halogens is 4. The number of allylic oxidation sites excluding steroid dienone is 1. The highest BCUT2D eigenvalue weighted by atomic mass is 19.4. The smallest absolute Gasteiger partial charge is 0.417 e. The molecule has 9 heteroatoms. The van der Waals surface area contributed by atoms with E-state index >= 15 is 0 Å². The Morgan fingerprint density at radius 1 is 1.09 bits per heavy atom. The zero-order valence-corrected chi connectivity index (χ0v) is 17.9. The Balaban J connectivity index is 1.66. The van der Waals surface area contributed by atoms with E-state index in [9.17, 15) is 22.4 Å². The molecule has 1 fully saturated rings. The first-order valence-electron chi connectivity index (χ1n) is 10.3. The van der Waals surface area contributed by atoms with Crippen LogP contribution in [0.15, 0.2) is 73.3 Å². The van der Waals surface area contributed by atoms with Crippen molar-refractivity contribution >= 4 is 11.7 Å². The second-order valence-corrected chi connectivity index (χ2v) is 7.87. The van der Waals surface area contributed by atoms with Crippen LogP contribution in [0.25, 0.3) is 16.8 Å². The van der Waals surface area contributed by atoms with Crippen molar-refractivity contribution in [3.8, 4) is 11.3 Å². The Morgan fingerprint density at radius 3 is 2.35 bits per heavy atom. The fourth-order valence-electron chi connectivity index (χ4n) is 3.45. The number of hydrogen-bond donors (Lipinski definition) is 1. The molecule has 1 aliphatic heterocycles. The van der Waals surface area contributed by atoms with Gasteiger partial charge in [-0.2, -0.15) is 13.2 Å². The Hall–Kier alpha value is -3.72. The standard InChI is InChI=1S/C25H20F4N2O3/c1-16(25(27,28)29)21-11-19(12-22(30-21)18-7-9-20(26)10-8-18)24(14-33-15-24)31-23(32)34-13-17-5-3-2-4-6-17/h2-12H,1,13-15H2,(H,31,32). The van der Waals surface area contributed by atoms with Crippen LogP contribution in [0, 0.1) is 5.82 Å².